The number of oxime groups is 1. The van der Waals surface area contributed by atoms with Crippen molar-refractivity contribution >= 4 is 11.7 Å². The third-order valence-electron chi connectivity index (χ3n) is 1.40. The van der Waals surface area contributed by atoms with Crippen molar-refractivity contribution in [3.63, 3.8) is 0 Å². The molecule has 76 valence electrons. The van der Waals surface area contributed by atoms with Crippen LogP contribution in [0.25, 0.3) is 0 Å². The number of nitrogens with zero attached hydrogens (tertiary/aromatic N) is 1. The molecule has 0 atom stereocenters. The first kappa shape index (κ1) is 14.2. The number of aliphatic carboxylic acids is 1. The van der Waals surface area contributed by atoms with E-state index in [4.69, 9.17) is 9.25 Å². The number of hydrogen-bond acceptors (Lipinski definition) is 5. The van der Waals surface area contributed by atoms with Crippen LogP contribution in [0.4, 0.5) is 0 Å². The van der Waals surface area contributed by atoms with Crippen LogP contribution in [0.15, 0.2) is 28.0 Å². The minimum Gasteiger partial charge on any atom is -0.543 e. The Hall–Kier alpha value is -0.780. The normalized spacial score (nSPS) is 10.6. The number of rotatable bonds is 5. The van der Waals surface area contributed by atoms with Crippen LogP contribution in [-0.2, 0) is 9.63 Å². The molecule has 0 aliphatic carbocycles. The molecule has 0 aliphatic heterocycles. The summed E-state index contributed by atoms with van der Waals surface area (Å²) in [6.07, 6.45) is 2.11. The molecule has 15 heavy (non-hydrogen) atoms. The molecule has 0 aliphatic rings. The van der Waals surface area contributed by atoms with Gasteiger partial charge in [0.25, 0.3) is 0 Å². The maximum absolute atomic E-state index is 10.6. The topological polar surface area (TPSA) is 74.9 Å². The average molecular weight is 219 g/mol. The molecule has 0 amide bonds. The van der Waals surface area contributed by atoms with Gasteiger partial charge >= 0.3 is 29.6 Å². The Bertz CT molecular complexity index is 321. The Labute approximate surface area is 109 Å². The average Bonchev–Trinajstić information content (AvgIpc) is 2.64. The van der Waals surface area contributed by atoms with E-state index in [-0.39, 0.29) is 41.0 Å². The van der Waals surface area contributed by atoms with E-state index in [1.54, 1.807) is 6.07 Å². The number of hydrogen-bond donors (Lipinski definition) is 0. The molecular weight excluding hydrogens is 209 g/mol. The van der Waals surface area contributed by atoms with Gasteiger partial charge in [0, 0.05) is 0 Å². The fraction of sp³-hybridized carbons (Fsp3) is 0.333. The molecule has 1 aromatic rings. The maximum Gasteiger partial charge on any atom is 1.00 e. The molecule has 0 saturated carbocycles. The molecule has 0 N–H and O–H groups in total. The predicted octanol–water partition coefficient (Wildman–Crippen LogP) is -2.84. The molecule has 0 aromatic carbocycles. The van der Waals surface area contributed by atoms with Gasteiger partial charge in [-0.3, -0.25) is 0 Å². The largest absolute Gasteiger partial charge is 1.00 e. The van der Waals surface area contributed by atoms with Crippen LogP contribution in [0.5, 0.6) is 0 Å². The number of carbonyl (C=O) groups excluding carboxylic acids is 1. The minimum atomic E-state index is -1.42. The van der Waals surface area contributed by atoms with E-state index in [0.717, 1.165) is 6.42 Å². The summed E-state index contributed by atoms with van der Waals surface area (Å²) in [5, 5.41) is 14.0. The Morgan fingerprint density at radius 1 is 1.67 bits per heavy atom. The standard InChI is InChI=1S/C9H11NO4.Na/c1-2-5-14-10-8(9(11)12)7-4-3-6-13-7;/h3-4,6H,2,5H2,1H3,(H,11,12);/q;+1/p-1. The zero-order chi connectivity index (χ0) is 10.4. The van der Waals surface area contributed by atoms with Crippen LogP contribution >= 0.6 is 0 Å². The Morgan fingerprint density at radius 3 is 2.87 bits per heavy atom. The monoisotopic (exact) mass is 219 g/mol. The van der Waals surface area contributed by atoms with Crippen molar-refractivity contribution in [2.75, 3.05) is 6.61 Å². The Kier molecular flexibility index (Phi) is 7.11. The van der Waals surface area contributed by atoms with Crippen LogP contribution in [0.3, 0.4) is 0 Å². The first-order valence-corrected chi connectivity index (χ1v) is 4.21. The number of carbonyl (C=O) groups is 1. The van der Waals surface area contributed by atoms with Gasteiger partial charge < -0.3 is 19.2 Å². The molecular formula is C9H10NNaO4. The van der Waals surface area contributed by atoms with Crippen LogP contribution in [0, 0.1) is 0 Å². The molecule has 1 rings (SSSR count). The van der Waals surface area contributed by atoms with Gasteiger partial charge in [-0.25, -0.2) is 0 Å². The van der Waals surface area contributed by atoms with Gasteiger partial charge in [0.1, 0.15) is 6.61 Å². The third kappa shape index (κ3) is 4.51. The van der Waals surface area contributed by atoms with Crippen molar-refractivity contribution in [2.24, 2.45) is 5.16 Å². The molecule has 0 unspecified atom stereocenters. The first-order valence-electron chi connectivity index (χ1n) is 4.21. The molecule has 0 saturated heterocycles. The second-order valence-corrected chi connectivity index (χ2v) is 2.54. The summed E-state index contributed by atoms with van der Waals surface area (Å²) in [6.45, 7) is 2.25. The van der Waals surface area contributed by atoms with E-state index >= 15 is 0 Å². The van der Waals surface area contributed by atoms with E-state index in [2.05, 4.69) is 5.16 Å². The Morgan fingerprint density at radius 2 is 2.40 bits per heavy atom. The third-order valence-corrected chi connectivity index (χ3v) is 1.40. The molecule has 0 bridgehead atoms. The van der Waals surface area contributed by atoms with Crippen molar-refractivity contribution in [3.8, 4) is 0 Å². The first-order chi connectivity index (χ1) is 6.75. The predicted molar refractivity (Wildman–Crippen MR) is 46.5 cm³/mol. The molecule has 0 spiro atoms. The van der Waals surface area contributed by atoms with Crippen LogP contribution in [0.1, 0.15) is 19.1 Å². The van der Waals surface area contributed by atoms with Gasteiger partial charge in [-0.15, -0.1) is 0 Å². The van der Waals surface area contributed by atoms with E-state index in [1.165, 1.54) is 12.3 Å². The molecule has 0 radical (unpaired) electrons. The molecule has 0 fully saturated rings. The quantitative estimate of drug-likeness (QED) is 0.231. The second-order valence-electron chi connectivity index (χ2n) is 2.54. The summed E-state index contributed by atoms with van der Waals surface area (Å²) in [4.78, 5) is 15.3. The molecule has 1 aromatic heterocycles. The fourth-order valence-corrected chi connectivity index (χ4v) is 0.798. The summed E-state index contributed by atoms with van der Waals surface area (Å²) < 4.78 is 4.86. The van der Waals surface area contributed by atoms with Crippen molar-refractivity contribution in [3.05, 3.63) is 24.2 Å². The van der Waals surface area contributed by atoms with Gasteiger partial charge in [0.2, 0.25) is 0 Å². The van der Waals surface area contributed by atoms with Crippen LogP contribution < -0.4 is 34.7 Å². The van der Waals surface area contributed by atoms with Gasteiger partial charge in [-0.05, 0) is 18.6 Å². The number of furan rings is 1. The summed E-state index contributed by atoms with van der Waals surface area (Å²) in [5.74, 6) is -1.29. The Balaban J connectivity index is 0.00000196. The van der Waals surface area contributed by atoms with Gasteiger partial charge in [-0.2, -0.15) is 0 Å². The SMILES string of the molecule is CCCON=C(C(=O)[O-])c1ccco1.[Na+]. The summed E-state index contributed by atoms with van der Waals surface area (Å²) >= 11 is 0. The van der Waals surface area contributed by atoms with Crippen molar-refractivity contribution in [1.82, 2.24) is 0 Å². The minimum absolute atomic E-state index is 0. The maximum atomic E-state index is 10.6. The van der Waals surface area contributed by atoms with Crippen LogP contribution in [0.2, 0.25) is 0 Å². The van der Waals surface area contributed by atoms with Crippen molar-refractivity contribution in [1.29, 1.82) is 0 Å². The molecule has 1 heterocycles. The zero-order valence-corrected chi connectivity index (χ0v) is 10.7. The van der Waals surface area contributed by atoms with E-state index in [0.29, 0.717) is 6.61 Å². The van der Waals surface area contributed by atoms with Crippen molar-refractivity contribution in [2.45, 2.75) is 13.3 Å². The van der Waals surface area contributed by atoms with E-state index < -0.39 is 5.97 Å². The van der Waals surface area contributed by atoms with Crippen LogP contribution in [-0.4, -0.2) is 18.3 Å². The van der Waals surface area contributed by atoms with Crippen molar-refractivity contribution < 1.29 is 48.7 Å². The van der Waals surface area contributed by atoms with E-state index in [1.807, 2.05) is 6.92 Å². The molecule has 5 nitrogen and oxygen atoms in total. The van der Waals surface area contributed by atoms with Gasteiger partial charge in [0.05, 0.1) is 12.2 Å². The second kappa shape index (κ2) is 7.50. The van der Waals surface area contributed by atoms with Gasteiger partial charge in [-0.1, -0.05) is 12.1 Å². The number of carboxylic acids is 1. The van der Waals surface area contributed by atoms with E-state index in [9.17, 15) is 9.90 Å². The zero-order valence-electron chi connectivity index (χ0n) is 8.73. The van der Waals surface area contributed by atoms with Gasteiger partial charge in [0.15, 0.2) is 11.5 Å². The smallest absolute Gasteiger partial charge is 0.543 e. The fourth-order valence-electron chi connectivity index (χ4n) is 0.798. The summed E-state index contributed by atoms with van der Waals surface area (Å²) in [6, 6.07) is 3.04. The number of carboxylic acid groups (broad SMARTS) is 1. The summed E-state index contributed by atoms with van der Waals surface area (Å²) in [5.41, 5.74) is -0.330. The summed E-state index contributed by atoms with van der Waals surface area (Å²) in [7, 11) is 0. The molecule has 6 heteroatoms.